The van der Waals surface area contributed by atoms with Gasteiger partial charge in [-0.3, -0.25) is 5.43 Å². The molecule has 2 aliphatic heterocycles. The Morgan fingerprint density at radius 1 is 1.55 bits per heavy atom. The van der Waals surface area contributed by atoms with Gasteiger partial charge >= 0.3 is 0 Å². The number of hydrogen-bond acceptors (Lipinski definition) is 5. The van der Waals surface area contributed by atoms with Crippen molar-refractivity contribution in [3.8, 4) is 0 Å². The average Bonchev–Trinajstić information content (AvgIpc) is 2.55. The van der Waals surface area contributed by atoms with Crippen LogP contribution in [-0.4, -0.2) is 35.5 Å². The molecule has 5 nitrogen and oxygen atoms in total. The highest BCUT2D eigenvalue weighted by atomic mass is 16.7. The SMILES string of the molecule is OC1CNCC1N1NC=CO1. The van der Waals surface area contributed by atoms with Crippen molar-refractivity contribution in [1.82, 2.24) is 15.9 Å². The molecule has 0 spiro atoms. The quantitative estimate of drug-likeness (QED) is 0.434. The highest BCUT2D eigenvalue weighted by Gasteiger charge is 2.32. The number of hydroxylamine groups is 1. The van der Waals surface area contributed by atoms with E-state index in [-0.39, 0.29) is 12.1 Å². The van der Waals surface area contributed by atoms with Crippen molar-refractivity contribution >= 4 is 0 Å². The van der Waals surface area contributed by atoms with Gasteiger partial charge in [-0.15, -0.1) is 0 Å². The number of nitrogens with zero attached hydrogens (tertiary/aromatic N) is 1. The number of aliphatic hydroxyl groups excluding tert-OH is 1. The van der Waals surface area contributed by atoms with Crippen molar-refractivity contribution < 1.29 is 9.94 Å². The molecule has 2 aliphatic rings. The van der Waals surface area contributed by atoms with E-state index < -0.39 is 0 Å². The van der Waals surface area contributed by atoms with E-state index in [1.807, 2.05) is 0 Å². The fraction of sp³-hybridized carbons (Fsp3) is 0.667. The van der Waals surface area contributed by atoms with Crippen LogP contribution in [-0.2, 0) is 4.84 Å². The molecule has 62 valence electrons. The van der Waals surface area contributed by atoms with Gasteiger partial charge in [-0.25, -0.2) is 0 Å². The predicted octanol–water partition coefficient (Wildman–Crippen LogP) is -1.46. The van der Waals surface area contributed by atoms with Gasteiger partial charge in [0, 0.05) is 13.1 Å². The first-order valence-electron chi connectivity index (χ1n) is 3.64. The van der Waals surface area contributed by atoms with Gasteiger partial charge in [0.2, 0.25) is 0 Å². The van der Waals surface area contributed by atoms with Crippen LogP contribution in [0.2, 0.25) is 0 Å². The lowest BCUT2D eigenvalue weighted by Crippen LogP contribution is -2.45. The Balaban J connectivity index is 1.93. The Morgan fingerprint density at radius 2 is 2.45 bits per heavy atom. The molecule has 0 aromatic rings. The third kappa shape index (κ3) is 1.18. The van der Waals surface area contributed by atoms with Crippen LogP contribution in [0.1, 0.15) is 0 Å². The fourth-order valence-corrected chi connectivity index (χ4v) is 1.29. The number of hydrogen-bond donors (Lipinski definition) is 3. The minimum atomic E-state index is -0.359. The second-order valence-electron chi connectivity index (χ2n) is 2.66. The first-order chi connectivity index (χ1) is 5.38. The lowest BCUT2D eigenvalue weighted by Gasteiger charge is -2.23. The normalized spacial score (nSPS) is 37.2. The first kappa shape index (κ1) is 6.90. The van der Waals surface area contributed by atoms with Crippen molar-refractivity contribution in [2.75, 3.05) is 13.1 Å². The molecule has 0 aromatic heterocycles. The summed E-state index contributed by atoms with van der Waals surface area (Å²) in [6.45, 7) is 1.38. The number of β-amino-alcohol motifs (C(OH)–C–C–N with tert-alkyl or cyclic N) is 1. The summed E-state index contributed by atoms with van der Waals surface area (Å²) in [5, 5.41) is 14.0. The average molecular weight is 157 g/mol. The van der Waals surface area contributed by atoms with E-state index in [9.17, 15) is 5.11 Å². The number of hydrazine groups is 1. The van der Waals surface area contributed by atoms with Crippen LogP contribution in [0.3, 0.4) is 0 Å². The maximum atomic E-state index is 9.40. The molecular weight excluding hydrogens is 146 g/mol. The van der Waals surface area contributed by atoms with Gasteiger partial charge in [-0.05, 0) is 5.17 Å². The van der Waals surface area contributed by atoms with E-state index in [4.69, 9.17) is 4.84 Å². The van der Waals surface area contributed by atoms with Crippen molar-refractivity contribution in [2.45, 2.75) is 12.1 Å². The van der Waals surface area contributed by atoms with Crippen LogP contribution in [0.4, 0.5) is 0 Å². The zero-order valence-corrected chi connectivity index (χ0v) is 6.03. The topological polar surface area (TPSA) is 56.8 Å². The highest BCUT2D eigenvalue weighted by Crippen LogP contribution is 2.10. The minimum absolute atomic E-state index is 0.00463. The molecule has 0 aliphatic carbocycles. The Hall–Kier alpha value is -0.780. The number of aliphatic hydroxyl groups is 1. The molecule has 2 unspecified atom stereocenters. The van der Waals surface area contributed by atoms with Gasteiger partial charge in [0.1, 0.15) is 12.3 Å². The molecule has 2 rings (SSSR count). The smallest absolute Gasteiger partial charge is 0.131 e. The van der Waals surface area contributed by atoms with E-state index in [1.165, 1.54) is 0 Å². The summed E-state index contributed by atoms with van der Waals surface area (Å²) >= 11 is 0. The van der Waals surface area contributed by atoms with Crippen LogP contribution < -0.4 is 10.7 Å². The molecule has 0 aromatic carbocycles. The molecule has 1 saturated heterocycles. The zero-order chi connectivity index (χ0) is 7.68. The standard InChI is InChI=1S/C6H11N3O2/c10-6-4-7-3-5(6)9-8-1-2-11-9/h1-2,5-8,10H,3-4H2. The van der Waals surface area contributed by atoms with E-state index in [0.717, 1.165) is 6.54 Å². The summed E-state index contributed by atoms with van der Waals surface area (Å²) in [6.07, 6.45) is 2.87. The second kappa shape index (κ2) is 2.69. The maximum absolute atomic E-state index is 9.40. The van der Waals surface area contributed by atoms with Gasteiger partial charge in [0.15, 0.2) is 0 Å². The van der Waals surface area contributed by atoms with Crippen LogP contribution in [0.5, 0.6) is 0 Å². The van der Waals surface area contributed by atoms with Gasteiger partial charge in [0.05, 0.1) is 12.3 Å². The largest absolute Gasteiger partial charge is 0.392 e. The Morgan fingerprint density at radius 3 is 3.00 bits per heavy atom. The molecule has 11 heavy (non-hydrogen) atoms. The van der Waals surface area contributed by atoms with Crippen LogP contribution >= 0.6 is 0 Å². The molecule has 0 radical (unpaired) electrons. The molecule has 2 heterocycles. The van der Waals surface area contributed by atoms with E-state index in [1.54, 1.807) is 17.6 Å². The van der Waals surface area contributed by atoms with Gasteiger partial charge < -0.3 is 15.3 Å². The molecule has 2 atom stereocenters. The molecule has 3 N–H and O–H groups in total. The van der Waals surface area contributed by atoms with E-state index >= 15 is 0 Å². The third-order valence-corrected chi connectivity index (χ3v) is 1.90. The minimum Gasteiger partial charge on any atom is -0.392 e. The number of nitrogens with one attached hydrogen (secondary N) is 2. The second-order valence-corrected chi connectivity index (χ2v) is 2.66. The number of rotatable bonds is 1. The van der Waals surface area contributed by atoms with Gasteiger partial charge in [0.25, 0.3) is 0 Å². The fourth-order valence-electron chi connectivity index (χ4n) is 1.29. The Bertz CT molecular complexity index is 165. The summed E-state index contributed by atoms with van der Waals surface area (Å²) < 4.78 is 0. The molecule has 0 amide bonds. The van der Waals surface area contributed by atoms with Gasteiger partial charge in [-0.1, -0.05) is 0 Å². The summed E-state index contributed by atoms with van der Waals surface area (Å²) in [5.74, 6) is 0. The molecule has 1 fully saturated rings. The van der Waals surface area contributed by atoms with Crippen molar-refractivity contribution in [2.24, 2.45) is 0 Å². The molecule has 5 heteroatoms. The zero-order valence-electron chi connectivity index (χ0n) is 6.03. The molecule has 0 bridgehead atoms. The molecular formula is C6H11N3O2. The van der Waals surface area contributed by atoms with E-state index in [2.05, 4.69) is 10.7 Å². The van der Waals surface area contributed by atoms with Crippen molar-refractivity contribution in [3.05, 3.63) is 12.5 Å². The third-order valence-electron chi connectivity index (χ3n) is 1.90. The van der Waals surface area contributed by atoms with Gasteiger partial charge in [-0.2, -0.15) is 0 Å². The predicted molar refractivity (Wildman–Crippen MR) is 37.9 cm³/mol. The van der Waals surface area contributed by atoms with Crippen LogP contribution in [0, 0.1) is 0 Å². The summed E-state index contributed by atoms with van der Waals surface area (Å²) in [7, 11) is 0. The van der Waals surface area contributed by atoms with Crippen molar-refractivity contribution in [1.29, 1.82) is 0 Å². The van der Waals surface area contributed by atoms with Crippen LogP contribution in [0.15, 0.2) is 12.5 Å². The first-order valence-corrected chi connectivity index (χ1v) is 3.64. The maximum Gasteiger partial charge on any atom is 0.131 e. The van der Waals surface area contributed by atoms with Crippen molar-refractivity contribution in [3.63, 3.8) is 0 Å². The summed E-state index contributed by atoms with van der Waals surface area (Å²) in [5.41, 5.74) is 2.86. The highest BCUT2D eigenvalue weighted by molar-refractivity contribution is 4.88. The Labute approximate surface area is 64.6 Å². The lowest BCUT2D eigenvalue weighted by molar-refractivity contribution is -0.161. The lowest BCUT2D eigenvalue weighted by atomic mass is 10.2. The Kier molecular flexibility index (Phi) is 1.69. The van der Waals surface area contributed by atoms with E-state index in [0.29, 0.717) is 6.54 Å². The summed E-state index contributed by atoms with van der Waals surface area (Å²) in [6, 6.07) is 0.00463. The summed E-state index contributed by atoms with van der Waals surface area (Å²) in [4.78, 5) is 5.05. The molecule has 0 saturated carbocycles. The van der Waals surface area contributed by atoms with Crippen LogP contribution in [0.25, 0.3) is 0 Å². The monoisotopic (exact) mass is 157 g/mol.